The van der Waals surface area contributed by atoms with Crippen molar-refractivity contribution in [2.24, 2.45) is 0 Å². The highest BCUT2D eigenvalue weighted by atomic mass is 32.1. The highest BCUT2D eigenvalue weighted by molar-refractivity contribution is 7.17. The van der Waals surface area contributed by atoms with Gasteiger partial charge in [-0.25, -0.2) is 9.97 Å². The van der Waals surface area contributed by atoms with E-state index in [2.05, 4.69) is 15.1 Å². The number of hydrogen-bond donors (Lipinski definition) is 0. The quantitative estimate of drug-likeness (QED) is 0.530. The van der Waals surface area contributed by atoms with E-state index in [0.717, 1.165) is 31.4 Å². The molecule has 8 nitrogen and oxygen atoms in total. The first kappa shape index (κ1) is 20.3. The van der Waals surface area contributed by atoms with Crippen LogP contribution >= 0.6 is 11.3 Å². The van der Waals surface area contributed by atoms with Gasteiger partial charge in [0, 0.05) is 25.1 Å². The number of aryl methyl sites for hydroxylation is 2. The third kappa shape index (κ3) is 3.76. The summed E-state index contributed by atoms with van der Waals surface area (Å²) in [6, 6.07) is 1.88. The Morgan fingerprint density at radius 3 is 2.65 bits per heavy atom. The molecule has 1 saturated carbocycles. The summed E-state index contributed by atoms with van der Waals surface area (Å²) in [7, 11) is 0. The van der Waals surface area contributed by atoms with Crippen LogP contribution in [-0.2, 0) is 4.74 Å². The molecule has 0 spiro atoms. The molecule has 4 heterocycles. The van der Waals surface area contributed by atoms with E-state index in [4.69, 9.17) is 9.26 Å². The fourth-order valence-electron chi connectivity index (χ4n) is 4.08. The first-order valence-corrected chi connectivity index (χ1v) is 11.4. The number of ketones is 1. The first-order chi connectivity index (χ1) is 14.9. The molecule has 3 aromatic rings. The van der Waals surface area contributed by atoms with Crippen molar-refractivity contribution in [2.45, 2.75) is 58.5 Å². The summed E-state index contributed by atoms with van der Waals surface area (Å²) >= 11 is 1.25. The number of amides is 1. The van der Waals surface area contributed by atoms with E-state index in [1.54, 1.807) is 11.8 Å². The van der Waals surface area contributed by atoms with Crippen LogP contribution in [0.25, 0.3) is 11.1 Å². The van der Waals surface area contributed by atoms with Gasteiger partial charge in [0.15, 0.2) is 10.9 Å². The van der Waals surface area contributed by atoms with Gasteiger partial charge in [-0.05, 0) is 45.6 Å². The zero-order valence-electron chi connectivity index (χ0n) is 17.8. The molecule has 3 aromatic heterocycles. The maximum atomic E-state index is 13.9. The lowest BCUT2D eigenvalue weighted by Crippen LogP contribution is -2.37. The minimum absolute atomic E-state index is 0.0528. The van der Waals surface area contributed by atoms with E-state index >= 15 is 0 Å². The summed E-state index contributed by atoms with van der Waals surface area (Å²) < 4.78 is 11.2. The molecule has 0 aromatic carbocycles. The van der Waals surface area contributed by atoms with Crippen LogP contribution in [0.15, 0.2) is 10.6 Å². The van der Waals surface area contributed by atoms with Crippen LogP contribution in [0.2, 0.25) is 0 Å². The van der Waals surface area contributed by atoms with E-state index in [-0.39, 0.29) is 17.8 Å². The monoisotopic (exact) mass is 440 g/mol. The van der Waals surface area contributed by atoms with Crippen LogP contribution in [0.3, 0.4) is 0 Å². The summed E-state index contributed by atoms with van der Waals surface area (Å²) in [5.41, 5.74) is 3.04. The Labute approximate surface area is 183 Å². The number of ether oxygens (including phenoxy) is 1. The van der Waals surface area contributed by atoms with Gasteiger partial charge >= 0.3 is 0 Å². The zero-order chi connectivity index (χ0) is 21.7. The van der Waals surface area contributed by atoms with Crippen LogP contribution < -0.4 is 4.90 Å². The van der Waals surface area contributed by atoms with Gasteiger partial charge in [-0.3, -0.25) is 14.5 Å². The van der Waals surface area contributed by atoms with Gasteiger partial charge in [0.1, 0.15) is 0 Å². The Balaban J connectivity index is 1.60. The van der Waals surface area contributed by atoms with Crippen molar-refractivity contribution in [1.29, 1.82) is 0 Å². The zero-order valence-corrected chi connectivity index (χ0v) is 18.6. The van der Waals surface area contributed by atoms with Crippen LogP contribution in [0, 0.1) is 13.8 Å². The molecule has 1 unspecified atom stereocenters. The lowest BCUT2D eigenvalue weighted by atomic mass is 10.1. The molecule has 5 rings (SSSR count). The number of aromatic nitrogens is 3. The SMILES string of the molecule is CC(=O)c1sc(N(CC2CCCO2)C(=O)c2cc(C3CC3)nc3onc(C)c23)nc1C. The lowest BCUT2D eigenvalue weighted by Gasteiger charge is -2.23. The maximum absolute atomic E-state index is 13.9. The van der Waals surface area contributed by atoms with Crippen molar-refractivity contribution in [3.63, 3.8) is 0 Å². The Morgan fingerprint density at radius 1 is 1.19 bits per heavy atom. The molecule has 1 amide bonds. The van der Waals surface area contributed by atoms with E-state index in [1.807, 2.05) is 13.0 Å². The minimum atomic E-state index is -0.194. The van der Waals surface area contributed by atoms with Crippen LogP contribution in [0.5, 0.6) is 0 Å². The van der Waals surface area contributed by atoms with Crippen molar-refractivity contribution >= 4 is 39.3 Å². The van der Waals surface area contributed by atoms with E-state index in [0.29, 0.717) is 57.1 Å². The molecule has 1 aliphatic carbocycles. The Kier molecular flexibility index (Phi) is 5.10. The second-order valence-electron chi connectivity index (χ2n) is 8.34. The van der Waals surface area contributed by atoms with Crippen molar-refractivity contribution in [3.05, 3.63) is 33.6 Å². The molecule has 31 heavy (non-hydrogen) atoms. The predicted molar refractivity (Wildman–Crippen MR) is 116 cm³/mol. The molecular weight excluding hydrogens is 416 g/mol. The molecule has 2 fully saturated rings. The standard InChI is InChI=1S/C22H24N4O4S/c1-11-18-16(9-17(14-6-7-14)24-20(18)30-25-11)21(28)26(10-15-5-4-8-29-15)22-23-12(2)19(31-22)13(3)27/h9,14-15H,4-8,10H2,1-3H3. The largest absolute Gasteiger partial charge is 0.376 e. The average Bonchev–Trinajstić information content (AvgIpc) is 3.13. The highest BCUT2D eigenvalue weighted by Gasteiger charge is 2.33. The van der Waals surface area contributed by atoms with Gasteiger partial charge in [0.25, 0.3) is 11.6 Å². The average molecular weight is 441 g/mol. The number of Topliss-reactive ketones (excluding diaryl/α,β-unsaturated/α-hetero) is 1. The van der Waals surface area contributed by atoms with Gasteiger partial charge < -0.3 is 9.26 Å². The number of fused-ring (bicyclic) bond motifs is 1. The predicted octanol–water partition coefficient (Wildman–Crippen LogP) is 4.20. The highest BCUT2D eigenvalue weighted by Crippen LogP contribution is 2.41. The molecule has 1 atom stereocenters. The fraction of sp³-hybridized carbons (Fsp3) is 0.500. The van der Waals surface area contributed by atoms with Gasteiger partial charge in [0.2, 0.25) is 0 Å². The number of rotatable bonds is 6. The van der Waals surface area contributed by atoms with Gasteiger partial charge in [-0.1, -0.05) is 16.5 Å². The van der Waals surface area contributed by atoms with E-state index < -0.39 is 0 Å². The number of pyridine rings is 1. The summed E-state index contributed by atoms with van der Waals surface area (Å²) in [6.07, 6.45) is 3.93. The second kappa shape index (κ2) is 7.80. The number of carbonyl (C=O) groups is 2. The van der Waals surface area contributed by atoms with Gasteiger partial charge in [0.05, 0.1) is 39.9 Å². The molecule has 1 saturated heterocycles. The molecule has 1 aliphatic heterocycles. The molecular formula is C22H24N4O4S. The van der Waals surface area contributed by atoms with Crippen LogP contribution in [0.1, 0.15) is 75.6 Å². The molecule has 162 valence electrons. The molecule has 9 heteroatoms. The Morgan fingerprint density at radius 2 is 2.00 bits per heavy atom. The lowest BCUT2D eigenvalue weighted by molar-refractivity contribution is 0.0918. The Hall–Kier alpha value is -2.65. The Bertz CT molecular complexity index is 1170. The number of anilines is 1. The third-order valence-electron chi connectivity index (χ3n) is 5.85. The topological polar surface area (TPSA) is 98.4 Å². The van der Waals surface area contributed by atoms with Crippen molar-refractivity contribution in [1.82, 2.24) is 15.1 Å². The van der Waals surface area contributed by atoms with Crippen molar-refractivity contribution in [2.75, 3.05) is 18.1 Å². The summed E-state index contributed by atoms with van der Waals surface area (Å²) in [5, 5.41) is 5.19. The fourth-order valence-corrected chi connectivity index (χ4v) is 5.05. The number of carbonyl (C=O) groups excluding carboxylic acids is 2. The van der Waals surface area contributed by atoms with E-state index in [9.17, 15) is 9.59 Å². The molecule has 0 bridgehead atoms. The van der Waals surface area contributed by atoms with Gasteiger partial charge in [-0.2, -0.15) is 0 Å². The van der Waals surface area contributed by atoms with Crippen LogP contribution in [0.4, 0.5) is 5.13 Å². The normalized spacial score (nSPS) is 18.6. The molecule has 0 radical (unpaired) electrons. The molecule has 0 N–H and O–H groups in total. The summed E-state index contributed by atoms with van der Waals surface area (Å²) in [5.74, 6) is 0.113. The molecule has 2 aliphatic rings. The van der Waals surface area contributed by atoms with Crippen molar-refractivity contribution < 1.29 is 18.8 Å². The second-order valence-corrected chi connectivity index (χ2v) is 9.31. The number of thiazole rings is 1. The minimum Gasteiger partial charge on any atom is -0.376 e. The summed E-state index contributed by atoms with van der Waals surface area (Å²) in [4.78, 5) is 37.3. The summed E-state index contributed by atoms with van der Waals surface area (Å²) in [6.45, 7) is 6.21. The number of hydrogen-bond acceptors (Lipinski definition) is 8. The van der Waals surface area contributed by atoms with E-state index in [1.165, 1.54) is 18.3 Å². The third-order valence-corrected chi connectivity index (χ3v) is 7.14. The van der Waals surface area contributed by atoms with Crippen LogP contribution in [-0.4, -0.2) is 46.1 Å². The maximum Gasteiger partial charge on any atom is 0.261 e. The smallest absolute Gasteiger partial charge is 0.261 e. The first-order valence-electron chi connectivity index (χ1n) is 10.6. The van der Waals surface area contributed by atoms with Crippen molar-refractivity contribution in [3.8, 4) is 0 Å². The number of nitrogens with zero attached hydrogens (tertiary/aromatic N) is 4. The van der Waals surface area contributed by atoms with Gasteiger partial charge in [-0.15, -0.1) is 0 Å².